The average molecular weight is 278 g/mol. The lowest BCUT2D eigenvalue weighted by atomic mass is 10.0. The van der Waals surface area contributed by atoms with Crippen LogP contribution in [0.15, 0.2) is 0 Å². The third-order valence-electron chi connectivity index (χ3n) is 2.85. The standard InChI is InChI=1S/C12H26N2O3S/c1-6-13-7-8-18(15,16)14-9-11(2,3)17-12(4,5)10-14/h13H,6-10H2,1-5H3. The van der Waals surface area contributed by atoms with Gasteiger partial charge < -0.3 is 10.1 Å². The molecule has 0 bridgehead atoms. The van der Waals surface area contributed by atoms with E-state index in [0.29, 0.717) is 19.6 Å². The largest absolute Gasteiger partial charge is 0.367 e. The van der Waals surface area contributed by atoms with E-state index in [9.17, 15) is 8.42 Å². The van der Waals surface area contributed by atoms with E-state index in [4.69, 9.17) is 4.74 Å². The Balaban J connectivity index is 2.75. The Hall–Kier alpha value is -0.170. The minimum Gasteiger partial charge on any atom is -0.367 e. The smallest absolute Gasteiger partial charge is 0.215 e. The Labute approximate surface area is 111 Å². The first-order valence-electron chi connectivity index (χ1n) is 6.47. The van der Waals surface area contributed by atoms with Crippen LogP contribution in [-0.2, 0) is 14.8 Å². The van der Waals surface area contributed by atoms with Crippen LogP contribution in [0.3, 0.4) is 0 Å². The fraction of sp³-hybridized carbons (Fsp3) is 1.00. The highest BCUT2D eigenvalue weighted by molar-refractivity contribution is 7.89. The lowest BCUT2D eigenvalue weighted by Crippen LogP contribution is -2.59. The molecule has 0 aromatic rings. The maximum absolute atomic E-state index is 12.3. The summed E-state index contributed by atoms with van der Waals surface area (Å²) in [7, 11) is -3.21. The van der Waals surface area contributed by atoms with Gasteiger partial charge in [-0.1, -0.05) is 6.92 Å². The predicted octanol–water partition coefficient (Wildman–Crippen LogP) is 0.815. The molecule has 0 aromatic heterocycles. The number of hydrogen-bond acceptors (Lipinski definition) is 4. The van der Waals surface area contributed by atoms with Crippen molar-refractivity contribution in [1.29, 1.82) is 0 Å². The van der Waals surface area contributed by atoms with Crippen molar-refractivity contribution in [3.8, 4) is 0 Å². The van der Waals surface area contributed by atoms with Gasteiger partial charge in [0.1, 0.15) is 0 Å². The van der Waals surface area contributed by atoms with Crippen molar-refractivity contribution in [2.75, 3.05) is 31.9 Å². The molecule has 0 atom stereocenters. The van der Waals surface area contributed by atoms with Crippen LogP contribution in [0.5, 0.6) is 0 Å². The molecule has 1 saturated heterocycles. The SMILES string of the molecule is CCNCCS(=O)(=O)N1CC(C)(C)OC(C)(C)C1. The van der Waals surface area contributed by atoms with E-state index in [1.165, 1.54) is 0 Å². The second-order valence-corrected chi connectivity index (χ2v) is 8.15. The Bertz CT molecular complexity index is 361. The van der Waals surface area contributed by atoms with Crippen molar-refractivity contribution in [2.24, 2.45) is 0 Å². The number of hydrogen-bond donors (Lipinski definition) is 1. The Morgan fingerprint density at radius 2 is 1.67 bits per heavy atom. The molecule has 0 amide bonds. The molecule has 1 aliphatic rings. The van der Waals surface area contributed by atoms with Crippen LogP contribution in [-0.4, -0.2) is 55.9 Å². The zero-order valence-electron chi connectivity index (χ0n) is 12.1. The molecule has 0 saturated carbocycles. The number of sulfonamides is 1. The fourth-order valence-corrected chi connectivity index (χ4v) is 4.10. The van der Waals surface area contributed by atoms with Gasteiger partial charge in [-0.25, -0.2) is 8.42 Å². The molecule has 5 nitrogen and oxygen atoms in total. The highest BCUT2D eigenvalue weighted by Crippen LogP contribution is 2.29. The van der Waals surface area contributed by atoms with Gasteiger partial charge in [0, 0.05) is 19.6 Å². The Morgan fingerprint density at radius 1 is 1.17 bits per heavy atom. The predicted molar refractivity (Wildman–Crippen MR) is 73.1 cm³/mol. The van der Waals surface area contributed by atoms with Gasteiger partial charge >= 0.3 is 0 Å². The molecule has 0 spiro atoms. The van der Waals surface area contributed by atoms with Gasteiger partial charge in [0.2, 0.25) is 10.0 Å². The van der Waals surface area contributed by atoms with E-state index in [0.717, 1.165) is 6.54 Å². The molecule has 1 heterocycles. The molecule has 6 heteroatoms. The minimum atomic E-state index is -3.21. The summed E-state index contributed by atoms with van der Waals surface area (Å²) in [6, 6.07) is 0. The fourth-order valence-electron chi connectivity index (χ4n) is 2.42. The van der Waals surface area contributed by atoms with Crippen molar-refractivity contribution in [3.05, 3.63) is 0 Å². The minimum absolute atomic E-state index is 0.146. The summed E-state index contributed by atoms with van der Waals surface area (Å²) in [6.07, 6.45) is 0. The van der Waals surface area contributed by atoms with Gasteiger partial charge in [0.15, 0.2) is 0 Å². The quantitative estimate of drug-likeness (QED) is 0.756. The number of rotatable bonds is 5. The molecular weight excluding hydrogens is 252 g/mol. The lowest BCUT2D eigenvalue weighted by Gasteiger charge is -2.46. The number of ether oxygens (including phenoxy) is 1. The normalized spacial score (nSPS) is 24.1. The molecule has 1 N–H and O–H groups in total. The zero-order valence-corrected chi connectivity index (χ0v) is 12.9. The van der Waals surface area contributed by atoms with Gasteiger partial charge in [-0.3, -0.25) is 0 Å². The average Bonchev–Trinajstić information content (AvgIpc) is 2.12. The van der Waals surface area contributed by atoms with Crippen LogP contribution in [0.1, 0.15) is 34.6 Å². The van der Waals surface area contributed by atoms with Gasteiger partial charge in [-0.05, 0) is 34.2 Å². The molecule has 1 aliphatic heterocycles. The topological polar surface area (TPSA) is 58.6 Å². The Kier molecular flexibility index (Phi) is 4.81. The van der Waals surface area contributed by atoms with Crippen LogP contribution >= 0.6 is 0 Å². The maximum Gasteiger partial charge on any atom is 0.215 e. The van der Waals surface area contributed by atoms with Crippen molar-refractivity contribution in [1.82, 2.24) is 9.62 Å². The van der Waals surface area contributed by atoms with E-state index >= 15 is 0 Å². The molecule has 0 aliphatic carbocycles. The summed E-state index contributed by atoms with van der Waals surface area (Å²) in [4.78, 5) is 0. The summed E-state index contributed by atoms with van der Waals surface area (Å²) < 4.78 is 32.0. The monoisotopic (exact) mass is 278 g/mol. The van der Waals surface area contributed by atoms with Crippen LogP contribution in [0.2, 0.25) is 0 Å². The summed E-state index contributed by atoms with van der Waals surface area (Å²) >= 11 is 0. The van der Waals surface area contributed by atoms with E-state index < -0.39 is 21.2 Å². The summed E-state index contributed by atoms with van der Waals surface area (Å²) in [6.45, 7) is 11.8. The summed E-state index contributed by atoms with van der Waals surface area (Å²) in [5, 5.41) is 3.05. The molecule has 0 aromatic carbocycles. The third kappa shape index (κ3) is 4.50. The molecular formula is C12H26N2O3S. The maximum atomic E-state index is 12.3. The highest BCUT2D eigenvalue weighted by atomic mass is 32.2. The van der Waals surface area contributed by atoms with Crippen molar-refractivity contribution in [3.63, 3.8) is 0 Å². The van der Waals surface area contributed by atoms with Crippen molar-refractivity contribution < 1.29 is 13.2 Å². The van der Waals surface area contributed by atoms with Gasteiger partial charge in [-0.2, -0.15) is 4.31 Å². The van der Waals surface area contributed by atoms with Gasteiger partial charge in [0.05, 0.1) is 17.0 Å². The van der Waals surface area contributed by atoms with Crippen LogP contribution in [0, 0.1) is 0 Å². The molecule has 1 rings (SSSR count). The molecule has 0 radical (unpaired) electrons. The number of morpholine rings is 1. The van der Waals surface area contributed by atoms with Crippen molar-refractivity contribution in [2.45, 2.75) is 45.8 Å². The molecule has 108 valence electrons. The second-order valence-electron chi connectivity index (χ2n) is 6.06. The third-order valence-corrected chi connectivity index (χ3v) is 4.61. The van der Waals surface area contributed by atoms with Gasteiger partial charge in [0.25, 0.3) is 0 Å². The first kappa shape index (κ1) is 15.9. The summed E-state index contributed by atoms with van der Waals surface area (Å²) in [5.74, 6) is 0.146. The van der Waals surface area contributed by atoms with Crippen LogP contribution in [0.25, 0.3) is 0 Å². The molecule has 1 fully saturated rings. The second kappa shape index (κ2) is 5.45. The molecule has 0 unspecified atom stereocenters. The van der Waals surface area contributed by atoms with E-state index in [-0.39, 0.29) is 5.75 Å². The van der Waals surface area contributed by atoms with Gasteiger partial charge in [-0.15, -0.1) is 0 Å². The first-order valence-corrected chi connectivity index (χ1v) is 8.08. The number of nitrogens with one attached hydrogen (secondary N) is 1. The van der Waals surface area contributed by atoms with Crippen molar-refractivity contribution >= 4 is 10.0 Å². The highest BCUT2D eigenvalue weighted by Gasteiger charge is 2.42. The van der Waals surface area contributed by atoms with Crippen LogP contribution in [0.4, 0.5) is 0 Å². The van der Waals surface area contributed by atoms with E-state index in [2.05, 4.69) is 5.32 Å². The first-order chi connectivity index (χ1) is 8.08. The van der Waals surface area contributed by atoms with Crippen LogP contribution < -0.4 is 5.32 Å². The number of nitrogens with zero attached hydrogens (tertiary/aromatic N) is 1. The van der Waals surface area contributed by atoms with E-state index in [1.807, 2.05) is 34.6 Å². The Morgan fingerprint density at radius 3 is 2.11 bits per heavy atom. The summed E-state index contributed by atoms with van der Waals surface area (Å²) in [5.41, 5.74) is -0.875. The lowest BCUT2D eigenvalue weighted by molar-refractivity contribution is -0.163. The van der Waals surface area contributed by atoms with E-state index in [1.54, 1.807) is 4.31 Å². The zero-order chi connectivity index (χ0) is 14.0. The molecule has 18 heavy (non-hydrogen) atoms.